The van der Waals surface area contributed by atoms with E-state index in [9.17, 15) is 0 Å². The van der Waals surface area contributed by atoms with Crippen LogP contribution in [0.2, 0.25) is 0 Å². The van der Waals surface area contributed by atoms with Crippen molar-refractivity contribution in [2.75, 3.05) is 7.05 Å². The molecule has 0 saturated carbocycles. The molecule has 0 spiro atoms. The minimum absolute atomic E-state index is 0.299. The molecule has 16 heavy (non-hydrogen) atoms. The standard InChI is InChI=1S/C13H26N2S/c1-5-6-7-12(13(14)9-16)10(2)8-11(3)15-4/h6-7,9-12,15-16H,5,8,14H2,1-4H3/b7-6+,13-9-. The van der Waals surface area contributed by atoms with Gasteiger partial charge >= 0.3 is 0 Å². The van der Waals surface area contributed by atoms with Crippen LogP contribution in [0.1, 0.15) is 33.6 Å². The first-order chi connectivity index (χ1) is 7.56. The molecule has 0 saturated heterocycles. The summed E-state index contributed by atoms with van der Waals surface area (Å²) < 4.78 is 0. The van der Waals surface area contributed by atoms with Gasteiger partial charge in [-0.25, -0.2) is 0 Å². The highest BCUT2D eigenvalue weighted by atomic mass is 32.1. The van der Waals surface area contributed by atoms with Gasteiger partial charge in [0.1, 0.15) is 0 Å². The van der Waals surface area contributed by atoms with E-state index < -0.39 is 0 Å². The molecular weight excluding hydrogens is 216 g/mol. The molecule has 0 rings (SSSR count). The van der Waals surface area contributed by atoms with Gasteiger partial charge in [0.25, 0.3) is 0 Å². The van der Waals surface area contributed by atoms with Gasteiger partial charge in [0.05, 0.1) is 0 Å². The predicted molar refractivity (Wildman–Crippen MR) is 76.5 cm³/mol. The smallest absolute Gasteiger partial charge is 0.0214 e. The van der Waals surface area contributed by atoms with Crippen molar-refractivity contribution < 1.29 is 0 Å². The summed E-state index contributed by atoms with van der Waals surface area (Å²) in [6.45, 7) is 6.56. The maximum absolute atomic E-state index is 5.99. The molecule has 3 N–H and O–H groups in total. The SMILES string of the molecule is CC/C=C/C(/C(N)=C/S)C(C)CC(C)NC. The van der Waals surface area contributed by atoms with Crippen LogP contribution >= 0.6 is 12.6 Å². The Morgan fingerprint density at radius 2 is 2.06 bits per heavy atom. The summed E-state index contributed by atoms with van der Waals surface area (Å²) in [5.74, 6) is 0.821. The van der Waals surface area contributed by atoms with Gasteiger partial charge in [-0.2, -0.15) is 0 Å². The van der Waals surface area contributed by atoms with Crippen LogP contribution in [0.25, 0.3) is 0 Å². The van der Waals surface area contributed by atoms with Crippen molar-refractivity contribution in [3.63, 3.8) is 0 Å². The van der Waals surface area contributed by atoms with Crippen LogP contribution in [0.3, 0.4) is 0 Å². The molecule has 0 aliphatic rings. The Morgan fingerprint density at radius 3 is 2.50 bits per heavy atom. The van der Waals surface area contributed by atoms with Crippen LogP contribution in [0, 0.1) is 11.8 Å². The lowest BCUT2D eigenvalue weighted by Gasteiger charge is -2.24. The number of hydrogen-bond acceptors (Lipinski definition) is 3. The van der Waals surface area contributed by atoms with Gasteiger partial charge in [0, 0.05) is 17.7 Å². The molecule has 94 valence electrons. The molecule has 0 aliphatic carbocycles. The Bertz CT molecular complexity index is 236. The summed E-state index contributed by atoms with van der Waals surface area (Å²) in [5.41, 5.74) is 6.84. The summed E-state index contributed by atoms with van der Waals surface area (Å²) >= 11 is 4.15. The van der Waals surface area contributed by atoms with Gasteiger partial charge in [0.2, 0.25) is 0 Å². The lowest BCUT2D eigenvalue weighted by atomic mass is 9.86. The number of nitrogens with one attached hydrogen (secondary N) is 1. The van der Waals surface area contributed by atoms with Gasteiger partial charge < -0.3 is 11.1 Å². The van der Waals surface area contributed by atoms with Crippen molar-refractivity contribution in [2.24, 2.45) is 17.6 Å². The van der Waals surface area contributed by atoms with Crippen molar-refractivity contribution in [2.45, 2.75) is 39.7 Å². The Balaban J connectivity index is 4.56. The Kier molecular flexibility index (Phi) is 8.49. The third-order valence-corrected chi connectivity index (χ3v) is 3.24. The van der Waals surface area contributed by atoms with Crippen molar-refractivity contribution >= 4 is 12.6 Å². The van der Waals surface area contributed by atoms with E-state index in [-0.39, 0.29) is 0 Å². The first kappa shape index (κ1) is 15.6. The Hall–Kier alpha value is -0.410. The van der Waals surface area contributed by atoms with Gasteiger partial charge in [-0.3, -0.25) is 0 Å². The summed E-state index contributed by atoms with van der Waals surface area (Å²) in [6, 6.07) is 0.514. The molecule has 0 aromatic rings. The van der Waals surface area contributed by atoms with E-state index in [2.05, 4.69) is 50.9 Å². The molecule has 0 heterocycles. The average molecular weight is 242 g/mol. The van der Waals surface area contributed by atoms with Crippen molar-refractivity contribution in [1.29, 1.82) is 0 Å². The Labute approximate surface area is 106 Å². The molecule has 2 nitrogen and oxygen atoms in total. The largest absolute Gasteiger partial charge is 0.401 e. The number of nitrogens with two attached hydrogens (primary N) is 1. The Morgan fingerprint density at radius 1 is 1.44 bits per heavy atom. The molecule has 0 aromatic heterocycles. The fraction of sp³-hybridized carbons (Fsp3) is 0.692. The number of rotatable bonds is 7. The molecule has 3 unspecified atom stereocenters. The summed E-state index contributed by atoms with van der Waals surface area (Å²) in [4.78, 5) is 0. The molecule has 3 heteroatoms. The van der Waals surface area contributed by atoms with Crippen LogP contribution in [-0.2, 0) is 0 Å². The quantitative estimate of drug-likeness (QED) is 0.474. The van der Waals surface area contributed by atoms with E-state index in [4.69, 9.17) is 5.73 Å². The van der Waals surface area contributed by atoms with Crippen LogP contribution in [-0.4, -0.2) is 13.1 Å². The molecule has 0 aliphatic heterocycles. The minimum Gasteiger partial charge on any atom is -0.401 e. The molecule has 0 amide bonds. The van der Waals surface area contributed by atoms with Crippen LogP contribution < -0.4 is 11.1 Å². The van der Waals surface area contributed by atoms with Crippen molar-refractivity contribution in [3.8, 4) is 0 Å². The topological polar surface area (TPSA) is 38.0 Å². The molecule has 0 bridgehead atoms. The molecule has 3 atom stereocenters. The van der Waals surface area contributed by atoms with Crippen LogP contribution in [0.15, 0.2) is 23.3 Å². The van der Waals surface area contributed by atoms with Crippen molar-refractivity contribution in [1.82, 2.24) is 5.32 Å². The van der Waals surface area contributed by atoms with E-state index in [0.717, 1.165) is 18.5 Å². The molecule has 0 radical (unpaired) electrons. The monoisotopic (exact) mass is 242 g/mol. The fourth-order valence-electron chi connectivity index (χ4n) is 1.82. The molecule has 0 aromatic carbocycles. The highest BCUT2D eigenvalue weighted by Crippen LogP contribution is 2.24. The average Bonchev–Trinajstić information content (AvgIpc) is 2.28. The van der Waals surface area contributed by atoms with Gasteiger partial charge in [-0.05, 0) is 38.1 Å². The van der Waals surface area contributed by atoms with Crippen molar-refractivity contribution in [3.05, 3.63) is 23.3 Å². The maximum Gasteiger partial charge on any atom is 0.0214 e. The highest BCUT2D eigenvalue weighted by Gasteiger charge is 2.18. The zero-order chi connectivity index (χ0) is 12.6. The highest BCUT2D eigenvalue weighted by molar-refractivity contribution is 7.83. The van der Waals surface area contributed by atoms with Crippen LogP contribution in [0.5, 0.6) is 0 Å². The lowest BCUT2D eigenvalue weighted by Crippen LogP contribution is -2.27. The first-order valence-electron chi connectivity index (χ1n) is 6.00. The van der Waals surface area contributed by atoms with E-state index in [0.29, 0.717) is 17.9 Å². The second-order valence-corrected chi connectivity index (χ2v) is 4.65. The first-order valence-corrected chi connectivity index (χ1v) is 6.52. The second-order valence-electron chi connectivity index (χ2n) is 4.39. The number of hydrogen-bond donors (Lipinski definition) is 3. The molecular formula is C13H26N2S. The normalized spacial score (nSPS) is 18.7. The third kappa shape index (κ3) is 5.61. The van der Waals surface area contributed by atoms with E-state index >= 15 is 0 Å². The fourth-order valence-corrected chi connectivity index (χ4v) is 1.99. The van der Waals surface area contributed by atoms with Gasteiger partial charge in [-0.15, -0.1) is 12.6 Å². The summed E-state index contributed by atoms with van der Waals surface area (Å²) in [5, 5.41) is 4.97. The minimum atomic E-state index is 0.299. The van der Waals surface area contributed by atoms with Gasteiger partial charge in [-0.1, -0.05) is 26.0 Å². The van der Waals surface area contributed by atoms with E-state index in [1.807, 2.05) is 7.05 Å². The van der Waals surface area contributed by atoms with E-state index in [1.165, 1.54) is 0 Å². The second kappa shape index (κ2) is 8.71. The predicted octanol–water partition coefficient (Wildman–Crippen LogP) is 2.93. The third-order valence-electron chi connectivity index (χ3n) is 2.94. The lowest BCUT2D eigenvalue weighted by molar-refractivity contribution is 0.386. The zero-order valence-electron chi connectivity index (χ0n) is 10.9. The summed E-state index contributed by atoms with van der Waals surface area (Å²) in [7, 11) is 1.99. The van der Waals surface area contributed by atoms with Gasteiger partial charge in [0.15, 0.2) is 0 Å². The number of allylic oxidation sites excluding steroid dienone is 2. The molecule has 0 fully saturated rings. The zero-order valence-corrected chi connectivity index (χ0v) is 11.8. The summed E-state index contributed by atoms with van der Waals surface area (Å²) in [6.07, 6.45) is 6.53. The van der Waals surface area contributed by atoms with Crippen LogP contribution in [0.4, 0.5) is 0 Å². The number of thiol groups is 1. The maximum atomic E-state index is 5.99. The van der Waals surface area contributed by atoms with E-state index in [1.54, 1.807) is 5.41 Å².